The number of hydrogen-bond donors (Lipinski definition) is 3. The number of hydrogen-bond acceptors (Lipinski definition) is 4. The van der Waals surface area contributed by atoms with Gasteiger partial charge in [-0.3, -0.25) is 0 Å². The van der Waals surface area contributed by atoms with Crippen LogP contribution in [0.1, 0.15) is 13.8 Å². The quantitative estimate of drug-likeness (QED) is 0.456. The summed E-state index contributed by atoms with van der Waals surface area (Å²) >= 11 is 0. The van der Waals surface area contributed by atoms with Crippen molar-refractivity contribution in [3.63, 3.8) is 0 Å². The van der Waals surface area contributed by atoms with Crippen LogP contribution in [0.15, 0.2) is 0 Å². The van der Waals surface area contributed by atoms with Gasteiger partial charge in [0.05, 0.1) is 12.2 Å². The number of aliphatic hydroxyl groups is 3. The maximum Gasteiger partial charge on any atom is 0.112 e. The molecule has 1 heterocycles. The third kappa shape index (κ3) is 1.54. The average Bonchev–Trinajstić information content (AvgIpc) is 2.17. The molecule has 4 heteroatoms. The van der Waals surface area contributed by atoms with Gasteiger partial charge in [0.15, 0.2) is 0 Å². The standard InChI is InChI=1S/C7H14O4/c1-3(8)7-6(10)5(9)4(2)11-7/h3-10H,1-2H3/t3-,4+,5+,6+,7-/m1/s1. The second-order valence-corrected chi connectivity index (χ2v) is 3.03. The van der Waals surface area contributed by atoms with E-state index in [4.69, 9.17) is 9.84 Å². The molecule has 4 nitrogen and oxygen atoms in total. The van der Waals surface area contributed by atoms with Crippen LogP contribution in [-0.4, -0.2) is 45.8 Å². The minimum Gasteiger partial charge on any atom is -0.391 e. The van der Waals surface area contributed by atoms with Crippen molar-refractivity contribution in [1.82, 2.24) is 0 Å². The van der Waals surface area contributed by atoms with Gasteiger partial charge in [0, 0.05) is 0 Å². The summed E-state index contributed by atoms with van der Waals surface area (Å²) < 4.78 is 5.10. The van der Waals surface area contributed by atoms with Gasteiger partial charge in [-0.1, -0.05) is 0 Å². The fourth-order valence-electron chi connectivity index (χ4n) is 1.28. The molecule has 0 aromatic carbocycles. The fraction of sp³-hybridized carbons (Fsp3) is 1.00. The van der Waals surface area contributed by atoms with Crippen LogP contribution >= 0.6 is 0 Å². The normalized spacial score (nSPS) is 47.7. The predicted molar refractivity (Wildman–Crippen MR) is 38.0 cm³/mol. The lowest BCUT2D eigenvalue weighted by Gasteiger charge is -2.16. The molecule has 3 N–H and O–H groups in total. The molecule has 1 aliphatic heterocycles. The first-order chi connectivity index (χ1) is 5.04. The first-order valence-electron chi connectivity index (χ1n) is 3.73. The molecule has 0 amide bonds. The molecule has 1 rings (SSSR count). The monoisotopic (exact) mass is 162 g/mol. The second-order valence-electron chi connectivity index (χ2n) is 3.03. The number of aliphatic hydroxyl groups excluding tert-OH is 3. The van der Waals surface area contributed by atoms with Crippen molar-refractivity contribution in [1.29, 1.82) is 0 Å². The maximum absolute atomic E-state index is 9.26. The Kier molecular flexibility index (Phi) is 2.49. The van der Waals surface area contributed by atoms with Crippen molar-refractivity contribution in [2.24, 2.45) is 0 Å². The number of rotatable bonds is 1. The van der Waals surface area contributed by atoms with Crippen LogP contribution in [0.3, 0.4) is 0 Å². The molecular weight excluding hydrogens is 148 g/mol. The van der Waals surface area contributed by atoms with E-state index in [0.29, 0.717) is 0 Å². The van der Waals surface area contributed by atoms with Gasteiger partial charge >= 0.3 is 0 Å². The molecule has 0 saturated carbocycles. The zero-order valence-electron chi connectivity index (χ0n) is 6.64. The van der Waals surface area contributed by atoms with E-state index in [1.807, 2.05) is 0 Å². The summed E-state index contributed by atoms with van der Waals surface area (Å²) in [5.41, 5.74) is 0. The van der Waals surface area contributed by atoms with Crippen LogP contribution in [0.4, 0.5) is 0 Å². The lowest BCUT2D eigenvalue weighted by atomic mass is 10.1. The Labute approximate surface area is 65.4 Å². The topological polar surface area (TPSA) is 69.9 Å². The second kappa shape index (κ2) is 3.06. The zero-order chi connectivity index (χ0) is 8.59. The van der Waals surface area contributed by atoms with Gasteiger partial charge in [-0.05, 0) is 13.8 Å². The van der Waals surface area contributed by atoms with Gasteiger partial charge in [-0.2, -0.15) is 0 Å². The highest BCUT2D eigenvalue weighted by Gasteiger charge is 2.42. The SMILES string of the molecule is C[C@@H]1O[C@H]([C@@H](C)O)[C@@H](O)[C@H]1O. The molecule has 0 spiro atoms. The molecule has 0 aliphatic carbocycles. The highest BCUT2D eigenvalue weighted by Crippen LogP contribution is 2.22. The molecule has 0 aromatic rings. The van der Waals surface area contributed by atoms with E-state index in [1.165, 1.54) is 6.92 Å². The van der Waals surface area contributed by atoms with Crippen molar-refractivity contribution in [2.45, 2.75) is 44.4 Å². The smallest absolute Gasteiger partial charge is 0.112 e. The molecule has 0 unspecified atom stereocenters. The third-order valence-electron chi connectivity index (χ3n) is 2.01. The van der Waals surface area contributed by atoms with E-state index in [9.17, 15) is 10.2 Å². The van der Waals surface area contributed by atoms with Gasteiger partial charge in [0.1, 0.15) is 18.3 Å². The summed E-state index contributed by atoms with van der Waals surface area (Å²) in [5.74, 6) is 0. The van der Waals surface area contributed by atoms with Gasteiger partial charge < -0.3 is 20.1 Å². The first kappa shape index (κ1) is 8.93. The Bertz CT molecular complexity index is 136. The summed E-state index contributed by atoms with van der Waals surface area (Å²) in [7, 11) is 0. The lowest BCUT2D eigenvalue weighted by molar-refractivity contribution is -0.0546. The lowest BCUT2D eigenvalue weighted by Crippen LogP contribution is -2.37. The van der Waals surface area contributed by atoms with E-state index < -0.39 is 30.5 Å². The van der Waals surface area contributed by atoms with Crippen LogP contribution in [-0.2, 0) is 4.74 Å². The molecule has 1 aliphatic rings. The van der Waals surface area contributed by atoms with Crippen molar-refractivity contribution in [3.05, 3.63) is 0 Å². The summed E-state index contributed by atoms with van der Waals surface area (Å²) in [4.78, 5) is 0. The Morgan fingerprint density at radius 3 is 2.00 bits per heavy atom. The minimum absolute atomic E-state index is 0.399. The predicted octanol–water partition coefficient (Wildman–Crippen LogP) is -1.12. The Balaban J connectivity index is 2.59. The van der Waals surface area contributed by atoms with Gasteiger partial charge in [0.2, 0.25) is 0 Å². The van der Waals surface area contributed by atoms with Gasteiger partial charge in [0.25, 0.3) is 0 Å². The molecule has 0 aromatic heterocycles. The van der Waals surface area contributed by atoms with Crippen LogP contribution in [0, 0.1) is 0 Å². The van der Waals surface area contributed by atoms with Crippen molar-refractivity contribution in [3.8, 4) is 0 Å². The summed E-state index contributed by atoms with van der Waals surface area (Å²) in [6.07, 6.45) is -3.64. The van der Waals surface area contributed by atoms with Gasteiger partial charge in [-0.15, -0.1) is 0 Å². The molecule has 0 radical (unpaired) electrons. The fourth-order valence-corrected chi connectivity index (χ4v) is 1.28. The van der Waals surface area contributed by atoms with E-state index in [2.05, 4.69) is 0 Å². The largest absolute Gasteiger partial charge is 0.391 e. The minimum atomic E-state index is -0.968. The first-order valence-corrected chi connectivity index (χ1v) is 3.73. The highest BCUT2D eigenvalue weighted by molar-refractivity contribution is 4.90. The molecule has 5 atom stereocenters. The van der Waals surface area contributed by atoms with Crippen LogP contribution in [0.2, 0.25) is 0 Å². The Hall–Kier alpha value is -0.160. The van der Waals surface area contributed by atoms with E-state index in [1.54, 1.807) is 6.92 Å². The molecular formula is C7H14O4. The molecule has 0 bridgehead atoms. The van der Waals surface area contributed by atoms with E-state index >= 15 is 0 Å². The maximum atomic E-state index is 9.26. The average molecular weight is 162 g/mol. The van der Waals surface area contributed by atoms with Crippen molar-refractivity contribution >= 4 is 0 Å². The van der Waals surface area contributed by atoms with Crippen molar-refractivity contribution < 1.29 is 20.1 Å². The highest BCUT2D eigenvalue weighted by atomic mass is 16.6. The molecule has 1 saturated heterocycles. The van der Waals surface area contributed by atoms with Gasteiger partial charge in [-0.25, -0.2) is 0 Å². The summed E-state index contributed by atoms with van der Waals surface area (Å²) in [5, 5.41) is 27.5. The summed E-state index contributed by atoms with van der Waals surface area (Å²) in [6.45, 7) is 3.19. The van der Waals surface area contributed by atoms with E-state index in [0.717, 1.165) is 0 Å². The van der Waals surface area contributed by atoms with Crippen LogP contribution in [0.5, 0.6) is 0 Å². The Morgan fingerprint density at radius 2 is 1.82 bits per heavy atom. The molecule has 66 valence electrons. The van der Waals surface area contributed by atoms with Crippen LogP contribution in [0.25, 0.3) is 0 Å². The number of ether oxygens (including phenoxy) is 1. The summed E-state index contributed by atoms with van der Waals surface area (Å²) in [6, 6.07) is 0. The molecule has 11 heavy (non-hydrogen) atoms. The van der Waals surface area contributed by atoms with E-state index in [-0.39, 0.29) is 0 Å². The van der Waals surface area contributed by atoms with Crippen molar-refractivity contribution in [2.75, 3.05) is 0 Å². The Morgan fingerprint density at radius 1 is 1.27 bits per heavy atom. The molecule has 1 fully saturated rings. The third-order valence-corrected chi connectivity index (χ3v) is 2.01. The zero-order valence-corrected chi connectivity index (χ0v) is 6.64. The van der Waals surface area contributed by atoms with Crippen LogP contribution < -0.4 is 0 Å².